The predicted octanol–water partition coefficient (Wildman–Crippen LogP) is 3.77. The van der Waals surface area contributed by atoms with Crippen LogP contribution in [0, 0.1) is 18.3 Å². The lowest BCUT2D eigenvalue weighted by atomic mass is 10.2. The van der Waals surface area contributed by atoms with Crippen molar-refractivity contribution >= 4 is 11.6 Å². The lowest BCUT2D eigenvalue weighted by molar-refractivity contribution is 0.574. The topological polar surface area (TPSA) is 41.9 Å². The summed E-state index contributed by atoms with van der Waals surface area (Å²) in [5, 5.41) is 9.53. The van der Waals surface area contributed by atoms with Crippen molar-refractivity contribution in [1.82, 2.24) is 4.57 Å². The largest absolute Gasteiger partial charge is 0.463 e. The van der Waals surface area contributed by atoms with Crippen molar-refractivity contribution in [2.75, 3.05) is 0 Å². The summed E-state index contributed by atoms with van der Waals surface area (Å²) in [4.78, 5) is 0. The maximum absolute atomic E-state index is 9.10. The highest BCUT2D eigenvalue weighted by atomic mass is 35.5. The minimum Gasteiger partial charge on any atom is -0.463 e. The van der Waals surface area contributed by atoms with Gasteiger partial charge in [-0.25, -0.2) is 0 Å². The first-order chi connectivity index (χ1) is 8.20. The Hall–Kier alpha value is -1.92. The molecule has 2 aromatic heterocycles. The fourth-order valence-corrected chi connectivity index (χ4v) is 2.21. The first-order valence-electron chi connectivity index (χ1n) is 5.14. The van der Waals surface area contributed by atoms with Crippen LogP contribution in [0.15, 0.2) is 35.5 Å². The van der Waals surface area contributed by atoms with Gasteiger partial charge in [-0.1, -0.05) is 17.7 Å². The average molecular weight is 247 g/mol. The highest BCUT2D eigenvalue weighted by Gasteiger charge is 2.21. The van der Waals surface area contributed by atoms with Crippen molar-refractivity contribution in [2.45, 2.75) is 13.5 Å². The number of hydrogen-bond acceptors (Lipinski definition) is 2. The van der Waals surface area contributed by atoms with E-state index in [-0.39, 0.29) is 0 Å². The Morgan fingerprint density at radius 1 is 1.65 bits per heavy atom. The Morgan fingerprint density at radius 2 is 2.41 bits per heavy atom. The fraction of sp³-hybridized carbons (Fsp3) is 0.154. The lowest BCUT2D eigenvalue weighted by Crippen LogP contribution is -1.99. The zero-order valence-corrected chi connectivity index (χ0v) is 10.2. The summed E-state index contributed by atoms with van der Waals surface area (Å²) in [7, 11) is 0. The van der Waals surface area contributed by atoms with Crippen LogP contribution >= 0.6 is 11.6 Å². The highest BCUT2D eigenvalue weighted by Crippen LogP contribution is 2.35. The number of allylic oxidation sites excluding steroid dienone is 1. The Kier molecular flexibility index (Phi) is 3.08. The van der Waals surface area contributed by atoms with E-state index in [0.717, 1.165) is 11.4 Å². The molecule has 0 atom stereocenters. The van der Waals surface area contributed by atoms with Gasteiger partial charge in [-0.05, 0) is 19.1 Å². The van der Waals surface area contributed by atoms with Crippen molar-refractivity contribution in [1.29, 1.82) is 5.26 Å². The molecule has 86 valence electrons. The summed E-state index contributed by atoms with van der Waals surface area (Å²) >= 11 is 6.22. The molecule has 0 N–H and O–H groups in total. The Bertz CT molecular complexity index is 588. The van der Waals surface area contributed by atoms with E-state index in [9.17, 15) is 0 Å². The summed E-state index contributed by atoms with van der Waals surface area (Å²) < 4.78 is 7.27. The maximum atomic E-state index is 9.10. The van der Waals surface area contributed by atoms with Crippen LogP contribution in [0.25, 0.3) is 11.5 Å². The van der Waals surface area contributed by atoms with E-state index in [2.05, 4.69) is 12.6 Å². The zero-order valence-electron chi connectivity index (χ0n) is 9.40. The van der Waals surface area contributed by atoms with Gasteiger partial charge in [0.2, 0.25) is 0 Å². The number of rotatable bonds is 3. The van der Waals surface area contributed by atoms with E-state index in [1.165, 1.54) is 0 Å². The normalized spacial score (nSPS) is 10.2. The molecule has 0 unspecified atom stereocenters. The van der Waals surface area contributed by atoms with E-state index >= 15 is 0 Å². The Labute approximate surface area is 105 Å². The summed E-state index contributed by atoms with van der Waals surface area (Å²) in [6, 6.07) is 5.73. The molecular formula is C13H11ClN2O. The molecule has 0 saturated heterocycles. The second-order valence-electron chi connectivity index (χ2n) is 3.61. The molecular weight excluding hydrogens is 236 g/mol. The molecule has 17 heavy (non-hydrogen) atoms. The van der Waals surface area contributed by atoms with Crippen LogP contribution in [-0.2, 0) is 6.54 Å². The molecule has 0 aliphatic carbocycles. The third-order valence-corrected chi connectivity index (χ3v) is 3.01. The van der Waals surface area contributed by atoms with Crippen molar-refractivity contribution in [2.24, 2.45) is 0 Å². The van der Waals surface area contributed by atoms with E-state index in [0.29, 0.717) is 22.9 Å². The number of furan rings is 1. The third-order valence-electron chi connectivity index (χ3n) is 2.64. The van der Waals surface area contributed by atoms with Gasteiger partial charge in [0.1, 0.15) is 11.8 Å². The number of nitrogens with zero attached hydrogens (tertiary/aromatic N) is 2. The van der Waals surface area contributed by atoms with Gasteiger partial charge in [-0.3, -0.25) is 0 Å². The lowest BCUT2D eigenvalue weighted by Gasteiger charge is -2.06. The molecule has 0 aliphatic heterocycles. The van der Waals surface area contributed by atoms with Crippen LogP contribution in [0.3, 0.4) is 0 Å². The second kappa shape index (κ2) is 4.52. The molecule has 3 nitrogen and oxygen atoms in total. The van der Waals surface area contributed by atoms with Crippen molar-refractivity contribution in [3.63, 3.8) is 0 Å². The minimum atomic E-state index is 0.432. The second-order valence-corrected chi connectivity index (χ2v) is 3.99. The van der Waals surface area contributed by atoms with Crippen molar-refractivity contribution in [3.05, 3.63) is 47.3 Å². The van der Waals surface area contributed by atoms with Gasteiger partial charge in [0.15, 0.2) is 5.76 Å². The first kappa shape index (κ1) is 11.6. The number of halogens is 1. The molecule has 2 heterocycles. The minimum absolute atomic E-state index is 0.432. The number of hydrogen-bond donors (Lipinski definition) is 0. The van der Waals surface area contributed by atoms with Crippen LogP contribution in [0.1, 0.15) is 11.3 Å². The molecule has 0 amide bonds. The van der Waals surface area contributed by atoms with Gasteiger partial charge in [0.25, 0.3) is 0 Å². The van der Waals surface area contributed by atoms with Gasteiger partial charge < -0.3 is 8.98 Å². The molecule has 0 aromatic carbocycles. The van der Waals surface area contributed by atoms with Crippen molar-refractivity contribution in [3.8, 4) is 17.5 Å². The highest BCUT2D eigenvalue weighted by molar-refractivity contribution is 6.34. The quantitative estimate of drug-likeness (QED) is 0.774. The molecule has 2 rings (SSSR count). The molecule has 0 radical (unpaired) electrons. The van der Waals surface area contributed by atoms with Crippen LogP contribution in [-0.4, -0.2) is 4.57 Å². The van der Waals surface area contributed by atoms with Gasteiger partial charge in [-0.15, -0.1) is 6.58 Å². The first-order valence-corrected chi connectivity index (χ1v) is 5.52. The van der Waals surface area contributed by atoms with Crippen molar-refractivity contribution < 1.29 is 4.42 Å². The molecule has 4 heteroatoms. The SMILES string of the molecule is C=CCn1c(C)c(C#N)c(Cl)c1-c1ccco1. The molecule has 0 spiro atoms. The Morgan fingerprint density at radius 3 is 2.94 bits per heavy atom. The van der Waals surface area contributed by atoms with E-state index < -0.39 is 0 Å². The monoisotopic (exact) mass is 246 g/mol. The summed E-state index contributed by atoms with van der Waals surface area (Å²) in [5.74, 6) is 0.654. The van der Waals surface area contributed by atoms with Gasteiger partial charge >= 0.3 is 0 Å². The number of aromatic nitrogens is 1. The van der Waals surface area contributed by atoms with Gasteiger partial charge in [0, 0.05) is 12.2 Å². The summed E-state index contributed by atoms with van der Waals surface area (Å²) in [6.45, 7) is 6.15. The van der Waals surface area contributed by atoms with Crippen LogP contribution in [0.4, 0.5) is 0 Å². The zero-order chi connectivity index (χ0) is 12.4. The van der Waals surface area contributed by atoms with E-state index in [4.69, 9.17) is 21.3 Å². The van der Waals surface area contributed by atoms with Crippen LogP contribution in [0.2, 0.25) is 5.02 Å². The van der Waals surface area contributed by atoms with Crippen LogP contribution < -0.4 is 0 Å². The van der Waals surface area contributed by atoms with Gasteiger partial charge in [0.05, 0.1) is 16.8 Å². The molecule has 0 bridgehead atoms. The molecule has 2 aromatic rings. The van der Waals surface area contributed by atoms with Crippen LogP contribution in [0.5, 0.6) is 0 Å². The Balaban J connectivity index is 2.73. The van der Waals surface area contributed by atoms with E-state index in [1.54, 1.807) is 18.4 Å². The smallest absolute Gasteiger partial charge is 0.151 e. The summed E-state index contributed by atoms with van der Waals surface area (Å²) in [6.07, 6.45) is 3.34. The molecule has 0 saturated carbocycles. The fourth-order valence-electron chi connectivity index (χ4n) is 1.84. The average Bonchev–Trinajstić information content (AvgIpc) is 2.88. The predicted molar refractivity (Wildman–Crippen MR) is 66.8 cm³/mol. The molecule has 0 aliphatic rings. The number of nitriles is 1. The third kappa shape index (κ3) is 1.77. The molecule has 0 fully saturated rings. The standard InChI is InChI=1S/C13H11ClN2O/c1-3-6-16-9(2)10(8-15)12(14)13(16)11-5-4-7-17-11/h3-5,7H,1,6H2,2H3. The maximum Gasteiger partial charge on any atom is 0.151 e. The summed E-state index contributed by atoms with van der Waals surface area (Å²) in [5.41, 5.74) is 2.04. The van der Waals surface area contributed by atoms with E-state index in [1.807, 2.05) is 17.6 Å². The van der Waals surface area contributed by atoms with Gasteiger partial charge in [-0.2, -0.15) is 5.26 Å².